The molecular formula is C20H30N4O2. The summed E-state index contributed by atoms with van der Waals surface area (Å²) >= 11 is 0. The van der Waals surface area contributed by atoms with Crippen molar-refractivity contribution in [2.45, 2.75) is 46.0 Å². The van der Waals surface area contributed by atoms with Crippen LogP contribution in [0.2, 0.25) is 0 Å². The lowest BCUT2D eigenvalue weighted by molar-refractivity contribution is -0.134. The number of rotatable bonds is 4. The fraction of sp³-hybridized carbons (Fsp3) is 0.650. The molecule has 2 saturated heterocycles. The molecule has 3 heterocycles. The molecule has 0 aromatic carbocycles. The normalized spacial score (nSPS) is 18.8. The molecule has 0 bridgehead atoms. The van der Waals surface area contributed by atoms with Crippen LogP contribution in [0.15, 0.2) is 12.1 Å². The number of nitrogens with zero attached hydrogens (tertiary/aromatic N) is 4. The highest BCUT2D eigenvalue weighted by atomic mass is 16.2. The Hall–Kier alpha value is -2.11. The Morgan fingerprint density at radius 1 is 1.00 bits per heavy atom. The molecular weight excluding hydrogens is 328 g/mol. The highest BCUT2D eigenvalue weighted by Crippen LogP contribution is 2.19. The van der Waals surface area contributed by atoms with Gasteiger partial charge in [0.15, 0.2) is 0 Å². The van der Waals surface area contributed by atoms with Gasteiger partial charge in [-0.3, -0.25) is 14.6 Å². The van der Waals surface area contributed by atoms with Crippen molar-refractivity contribution in [2.75, 3.05) is 44.2 Å². The lowest BCUT2D eigenvalue weighted by Gasteiger charge is -2.36. The van der Waals surface area contributed by atoms with Crippen molar-refractivity contribution in [3.8, 4) is 0 Å². The number of anilines is 1. The third-order valence-corrected chi connectivity index (χ3v) is 5.33. The second kappa shape index (κ2) is 8.52. The largest absolute Gasteiger partial charge is 0.368 e. The van der Waals surface area contributed by atoms with Crippen LogP contribution in [0.25, 0.3) is 0 Å². The van der Waals surface area contributed by atoms with Crippen molar-refractivity contribution >= 4 is 17.5 Å². The molecule has 0 saturated carbocycles. The van der Waals surface area contributed by atoms with Crippen LogP contribution in [0.3, 0.4) is 0 Å². The van der Waals surface area contributed by atoms with Gasteiger partial charge < -0.3 is 14.7 Å². The maximum atomic E-state index is 12.5. The molecule has 1 aromatic rings. The van der Waals surface area contributed by atoms with Crippen molar-refractivity contribution < 1.29 is 9.59 Å². The van der Waals surface area contributed by atoms with Crippen LogP contribution >= 0.6 is 0 Å². The summed E-state index contributed by atoms with van der Waals surface area (Å²) in [7, 11) is 0. The Kier molecular flexibility index (Phi) is 6.12. The standard InChI is InChI=1S/C20H30N4O2/c1-16-14-18(15-17(2)21-16)22-10-12-24(13-11-22)20(26)7-9-23-8-5-3-4-6-19(23)25/h14-15H,3-13H2,1-2H3. The van der Waals surface area contributed by atoms with Crippen LogP contribution in [0.5, 0.6) is 0 Å². The second-order valence-electron chi connectivity index (χ2n) is 7.42. The van der Waals surface area contributed by atoms with E-state index in [4.69, 9.17) is 0 Å². The van der Waals surface area contributed by atoms with E-state index in [-0.39, 0.29) is 11.8 Å². The Morgan fingerprint density at radius 3 is 2.38 bits per heavy atom. The molecule has 1 aromatic heterocycles. The predicted molar refractivity (Wildman–Crippen MR) is 102 cm³/mol. The lowest BCUT2D eigenvalue weighted by atomic mass is 10.2. The number of carbonyl (C=O) groups excluding carboxylic acids is 2. The SMILES string of the molecule is Cc1cc(N2CCN(C(=O)CCN3CCCCCC3=O)CC2)cc(C)n1. The molecule has 0 N–H and O–H groups in total. The predicted octanol–water partition coefficient (Wildman–Crippen LogP) is 2.14. The van der Waals surface area contributed by atoms with Gasteiger partial charge in [0.05, 0.1) is 0 Å². The maximum absolute atomic E-state index is 12.5. The molecule has 0 radical (unpaired) electrons. The van der Waals surface area contributed by atoms with Crippen LogP contribution in [-0.2, 0) is 9.59 Å². The van der Waals surface area contributed by atoms with E-state index in [1.807, 2.05) is 23.6 Å². The minimum absolute atomic E-state index is 0.170. The number of aromatic nitrogens is 1. The van der Waals surface area contributed by atoms with E-state index in [0.717, 1.165) is 63.4 Å². The third-order valence-electron chi connectivity index (χ3n) is 5.33. The Labute approximate surface area is 156 Å². The van der Waals surface area contributed by atoms with Crippen molar-refractivity contribution in [3.05, 3.63) is 23.5 Å². The van der Waals surface area contributed by atoms with Gasteiger partial charge in [-0.2, -0.15) is 0 Å². The monoisotopic (exact) mass is 358 g/mol. The minimum atomic E-state index is 0.170. The lowest BCUT2D eigenvalue weighted by Crippen LogP contribution is -2.49. The zero-order valence-corrected chi connectivity index (χ0v) is 16.0. The van der Waals surface area contributed by atoms with Gasteiger partial charge in [-0.25, -0.2) is 0 Å². The van der Waals surface area contributed by atoms with Gasteiger partial charge in [0.2, 0.25) is 11.8 Å². The first-order chi connectivity index (χ1) is 12.5. The van der Waals surface area contributed by atoms with E-state index >= 15 is 0 Å². The van der Waals surface area contributed by atoms with Crippen molar-refractivity contribution in [3.63, 3.8) is 0 Å². The molecule has 2 aliphatic heterocycles. The van der Waals surface area contributed by atoms with E-state index in [2.05, 4.69) is 22.0 Å². The van der Waals surface area contributed by atoms with Gasteiger partial charge in [0, 0.05) is 69.2 Å². The van der Waals surface area contributed by atoms with E-state index in [9.17, 15) is 9.59 Å². The Bertz CT molecular complexity index is 633. The zero-order valence-electron chi connectivity index (χ0n) is 16.0. The number of carbonyl (C=O) groups is 2. The molecule has 0 aliphatic carbocycles. The van der Waals surface area contributed by atoms with Crippen LogP contribution in [0.1, 0.15) is 43.5 Å². The summed E-state index contributed by atoms with van der Waals surface area (Å²) in [6, 6.07) is 4.21. The first-order valence-corrected chi connectivity index (χ1v) is 9.79. The van der Waals surface area contributed by atoms with E-state index in [0.29, 0.717) is 19.4 Å². The summed E-state index contributed by atoms with van der Waals surface area (Å²) in [6.45, 7) is 8.58. The summed E-state index contributed by atoms with van der Waals surface area (Å²) in [5, 5.41) is 0. The number of aryl methyl sites for hydroxylation is 2. The summed E-state index contributed by atoms with van der Waals surface area (Å²) in [5.41, 5.74) is 3.25. The van der Waals surface area contributed by atoms with E-state index in [1.165, 1.54) is 5.69 Å². The molecule has 142 valence electrons. The quantitative estimate of drug-likeness (QED) is 0.827. The van der Waals surface area contributed by atoms with Crippen molar-refractivity contribution in [2.24, 2.45) is 0 Å². The molecule has 0 unspecified atom stereocenters. The van der Waals surface area contributed by atoms with Gasteiger partial charge >= 0.3 is 0 Å². The van der Waals surface area contributed by atoms with Crippen molar-refractivity contribution in [1.29, 1.82) is 0 Å². The highest BCUT2D eigenvalue weighted by molar-refractivity contribution is 5.79. The Morgan fingerprint density at radius 2 is 1.69 bits per heavy atom. The van der Waals surface area contributed by atoms with Gasteiger partial charge in [-0.1, -0.05) is 6.42 Å². The molecule has 6 heteroatoms. The number of piperazine rings is 1. The summed E-state index contributed by atoms with van der Waals surface area (Å²) in [6.07, 6.45) is 4.24. The fourth-order valence-electron chi connectivity index (χ4n) is 3.87. The maximum Gasteiger partial charge on any atom is 0.224 e. The number of likely N-dealkylation sites (tertiary alicyclic amines) is 1. The average molecular weight is 358 g/mol. The topological polar surface area (TPSA) is 56.8 Å². The van der Waals surface area contributed by atoms with Gasteiger partial charge in [-0.05, 0) is 38.8 Å². The number of amides is 2. The van der Waals surface area contributed by atoms with Crippen LogP contribution in [-0.4, -0.2) is 65.9 Å². The third kappa shape index (κ3) is 4.74. The summed E-state index contributed by atoms with van der Waals surface area (Å²) in [5.74, 6) is 0.382. The molecule has 2 fully saturated rings. The number of hydrogen-bond donors (Lipinski definition) is 0. The molecule has 0 spiro atoms. The Balaban J connectivity index is 1.48. The van der Waals surface area contributed by atoms with Crippen LogP contribution in [0, 0.1) is 13.8 Å². The summed E-state index contributed by atoms with van der Waals surface area (Å²) in [4.78, 5) is 35.2. The van der Waals surface area contributed by atoms with Crippen LogP contribution < -0.4 is 4.90 Å². The van der Waals surface area contributed by atoms with Crippen molar-refractivity contribution in [1.82, 2.24) is 14.8 Å². The first kappa shape index (κ1) is 18.7. The fourth-order valence-corrected chi connectivity index (χ4v) is 3.87. The molecule has 2 aliphatic rings. The smallest absolute Gasteiger partial charge is 0.224 e. The number of pyridine rings is 1. The van der Waals surface area contributed by atoms with Gasteiger partial charge in [-0.15, -0.1) is 0 Å². The summed E-state index contributed by atoms with van der Waals surface area (Å²) < 4.78 is 0. The van der Waals surface area contributed by atoms with E-state index in [1.54, 1.807) is 0 Å². The average Bonchev–Trinajstić information content (AvgIpc) is 2.83. The van der Waals surface area contributed by atoms with E-state index < -0.39 is 0 Å². The second-order valence-corrected chi connectivity index (χ2v) is 7.42. The van der Waals surface area contributed by atoms with Gasteiger partial charge in [0.1, 0.15) is 0 Å². The molecule has 3 rings (SSSR count). The molecule has 2 amide bonds. The minimum Gasteiger partial charge on any atom is -0.368 e. The zero-order chi connectivity index (χ0) is 18.5. The molecule has 26 heavy (non-hydrogen) atoms. The molecule has 0 atom stereocenters. The van der Waals surface area contributed by atoms with Gasteiger partial charge in [0.25, 0.3) is 0 Å². The first-order valence-electron chi connectivity index (χ1n) is 9.79. The highest BCUT2D eigenvalue weighted by Gasteiger charge is 2.23. The molecule has 6 nitrogen and oxygen atoms in total. The number of hydrogen-bond acceptors (Lipinski definition) is 4. The van der Waals surface area contributed by atoms with Crippen LogP contribution in [0.4, 0.5) is 5.69 Å².